The molecule has 9 heteroatoms. The average Bonchev–Trinajstić information content (AvgIpc) is 2.38. The van der Waals surface area contributed by atoms with Crippen LogP contribution in [-0.2, 0) is 0 Å². The van der Waals surface area contributed by atoms with Crippen LogP contribution in [0.4, 0.5) is 11.4 Å². The highest BCUT2D eigenvalue weighted by molar-refractivity contribution is 5.90. The van der Waals surface area contributed by atoms with E-state index >= 15 is 0 Å². The number of nitrogens with one attached hydrogen (secondary N) is 2. The average molecular weight is 330 g/mol. The molecule has 0 amide bonds. The minimum absolute atomic E-state index is 0. The van der Waals surface area contributed by atoms with Gasteiger partial charge in [0.25, 0.3) is 5.69 Å². The second-order valence-electron chi connectivity index (χ2n) is 3.75. The van der Waals surface area contributed by atoms with Gasteiger partial charge in [-0.2, -0.15) is 0 Å². The highest BCUT2D eigenvalue weighted by Gasteiger charge is 2.15. The quantitative estimate of drug-likeness (QED) is 0.346. The van der Waals surface area contributed by atoms with Crippen LogP contribution in [0, 0.1) is 15.5 Å². The Morgan fingerprint density at radius 1 is 1.29 bits per heavy atom. The molecule has 0 saturated carbocycles. The van der Waals surface area contributed by atoms with Crippen molar-refractivity contribution >= 4 is 42.1 Å². The summed E-state index contributed by atoms with van der Waals surface area (Å²) in [6.07, 6.45) is 1.49. The highest BCUT2D eigenvalue weighted by Crippen LogP contribution is 2.28. The first-order valence-corrected chi connectivity index (χ1v) is 5.39. The fourth-order valence-electron chi connectivity index (χ4n) is 1.67. The summed E-state index contributed by atoms with van der Waals surface area (Å²) in [6, 6.07) is 9.68. The van der Waals surface area contributed by atoms with Crippen molar-refractivity contribution in [3.8, 4) is 11.3 Å². The van der Waals surface area contributed by atoms with E-state index in [-0.39, 0.29) is 42.2 Å². The third-order valence-corrected chi connectivity index (χ3v) is 2.40. The summed E-state index contributed by atoms with van der Waals surface area (Å²) in [4.78, 5) is 14.5. The molecule has 0 spiro atoms. The van der Waals surface area contributed by atoms with Crippen LogP contribution in [0.2, 0.25) is 0 Å². The fraction of sp³-hybridized carbons (Fsp3) is 0. The first-order valence-electron chi connectivity index (χ1n) is 5.39. The van der Waals surface area contributed by atoms with Crippen molar-refractivity contribution in [2.75, 3.05) is 5.32 Å². The molecular formula is C12H13Cl2N5O2. The Labute approximate surface area is 133 Å². The number of hydrogen-bond donors (Lipinski definition) is 3. The van der Waals surface area contributed by atoms with E-state index in [1.165, 1.54) is 18.3 Å². The first-order chi connectivity index (χ1) is 9.08. The minimum Gasteiger partial charge on any atom is -0.370 e. The Morgan fingerprint density at radius 2 is 2.00 bits per heavy atom. The predicted molar refractivity (Wildman–Crippen MR) is 86.4 cm³/mol. The monoisotopic (exact) mass is 329 g/mol. The van der Waals surface area contributed by atoms with Crippen molar-refractivity contribution in [3.05, 3.63) is 52.7 Å². The number of pyridine rings is 1. The molecule has 0 bridgehead atoms. The van der Waals surface area contributed by atoms with Crippen molar-refractivity contribution in [1.82, 2.24) is 4.98 Å². The van der Waals surface area contributed by atoms with Crippen LogP contribution < -0.4 is 11.1 Å². The molecule has 0 aliphatic carbocycles. The molecule has 1 aromatic heterocycles. The summed E-state index contributed by atoms with van der Waals surface area (Å²) in [5.41, 5.74) is 6.61. The molecule has 0 aliphatic rings. The Bertz CT molecular complexity index is 651. The van der Waals surface area contributed by atoms with Gasteiger partial charge in [0.1, 0.15) is 5.69 Å². The molecule has 4 N–H and O–H groups in total. The number of aromatic nitrogens is 1. The number of hydrogen-bond acceptors (Lipinski definition) is 4. The lowest BCUT2D eigenvalue weighted by atomic mass is 10.1. The summed E-state index contributed by atoms with van der Waals surface area (Å²) >= 11 is 0. The molecule has 0 saturated heterocycles. The van der Waals surface area contributed by atoms with E-state index in [1.807, 2.05) is 0 Å². The number of nitrogens with two attached hydrogens (primary N) is 1. The van der Waals surface area contributed by atoms with E-state index in [0.717, 1.165) is 0 Å². The van der Waals surface area contributed by atoms with E-state index in [0.29, 0.717) is 11.3 Å². The van der Waals surface area contributed by atoms with Gasteiger partial charge in [0, 0.05) is 23.5 Å². The number of anilines is 1. The molecule has 0 aliphatic heterocycles. The maximum atomic E-state index is 11.0. The van der Waals surface area contributed by atoms with Crippen LogP contribution in [0.1, 0.15) is 0 Å². The zero-order valence-corrected chi connectivity index (χ0v) is 12.3. The molecule has 1 aromatic carbocycles. The normalized spacial score (nSPS) is 8.95. The standard InChI is InChI=1S/C12H11N5O2.2ClH/c13-12(14)16-9-4-1-3-8(7-9)11-10(17(18)19)5-2-6-15-11;;/h1-7H,(H4,13,14,16);2*1H. The summed E-state index contributed by atoms with van der Waals surface area (Å²) in [7, 11) is 0. The SMILES string of the molecule is Cl.Cl.N=C(N)Nc1cccc(-c2ncccc2[N+](=O)[O-])c1. The molecule has 2 aromatic rings. The summed E-state index contributed by atoms with van der Waals surface area (Å²) in [5.74, 6) is -0.201. The molecule has 2 rings (SSSR count). The van der Waals surface area contributed by atoms with Gasteiger partial charge in [0.05, 0.1) is 4.92 Å². The van der Waals surface area contributed by atoms with Crippen molar-refractivity contribution in [1.29, 1.82) is 5.41 Å². The maximum Gasteiger partial charge on any atom is 0.295 e. The van der Waals surface area contributed by atoms with Crippen LogP contribution in [0.5, 0.6) is 0 Å². The van der Waals surface area contributed by atoms with Crippen LogP contribution in [-0.4, -0.2) is 15.9 Å². The van der Waals surface area contributed by atoms with E-state index in [2.05, 4.69) is 10.3 Å². The third kappa shape index (κ3) is 4.59. The zero-order chi connectivity index (χ0) is 13.8. The summed E-state index contributed by atoms with van der Waals surface area (Å²) < 4.78 is 0. The lowest BCUT2D eigenvalue weighted by Crippen LogP contribution is -2.20. The summed E-state index contributed by atoms with van der Waals surface area (Å²) in [6.45, 7) is 0. The molecular weight excluding hydrogens is 317 g/mol. The molecule has 1 heterocycles. The number of nitro groups is 1. The van der Waals surface area contributed by atoms with Gasteiger partial charge in [-0.3, -0.25) is 15.5 Å². The van der Waals surface area contributed by atoms with Crippen molar-refractivity contribution in [2.24, 2.45) is 5.73 Å². The molecule has 0 unspecified atom stereocenters. The lowest BCUT2D eigenvalue weighted by Gasteiger charge is -2.06. The molecule has 7 nitrogen and oxygen atoms in total. The van der Waals surface area contributed by atoms with Gasteiger partial charge >= 0.3 is 0 Å². The minimum atomic E-state index is -0.479. The molecule has 0 fully saturated rings. The van der Waals surface area contributed by atoms with Gasteiger partial charge in [-0.05, 0) is 18.2 Å². The molecule has 21 heavy (non-hydrogen) atoms. The fourth-order valence-corrected chi connectivity index (χ4v) is 1.67. The number of benzene rings is 1. The van der Waals surface area contributed by atoms with E-state index in [1.54, 1.807) is 24.3 Å². The van der Waals surface area contributed by atoms with E-state index < -0.39 is 4.92 Å². The largest absolute Gasteiger partial charge is 0.370 e. The maximum absolute atomic E-state index is 11.0. The molecule has 0 radical (unpaired) electrons. The Hall–Kier alpha value is -2.38. The third-order valence-electron chi connectivity index (χ3n) is 2.40. The highest BCUT2D eigenvalue weighted by atomic mass is 35.5. The predicted octanol–water partition coefficient (Wildman–Crippen LogP) is 2.81. The van der Waals surface area contributed by atoms with Crippen molar-refractivity contribution in [2.45, 2.75) is 0 Å². The van der Waals surface area contributed by atoms with Gasteiger partial charge in [-0.25, -0.2) is 4.98 Å². The van der Waals surface area contributed by atoms with Gasteiger partial charge in [-0.1, -0.05) is 12.1 Å². The van der Waals surface area contributed by atoms with Gasteiger partial charge in [0.2, 0.25) is 0 Å². The van der Waals surface area contributed by atoms with Crippen LogP contribution in [0.15, 0.2) is 42.6 Å². The lowest BCUT2D eigenvalue weighted by molar-refractivity contribution is -0.384. The zero-order valence-electron chi connectivity index (χ0n) is 10.6. The van der Waals surface area contributed by atoms with Gasteiger partial charge in [-0.15, -0.1) is 24.8 Å². The number of guanidine groups is 1. The first kappa shape index (κ1) is 18.6. The number of halogens is 2. The molecule has 0 atom stereocenters. The second kappa shape index (κ2) is 8.03. The summed E-state index contributed by atoms with van der Waals surface area (Å²) in [5, 5.41) is 20.7. The van der Waals surface area contributed by atoms with Gasteiger partial charge < -0.3 is 11.1 Å². The number of rotatable bonds is 3. The Kier molecular flexibility index (Phi) is 7.12. The Balaban J connectivity index is 0.00000200. The van der Waals surface area contributed by atoms with Crippen LogP contribution in [0.3, 0.4) is 0 Å². The smallest absolute Gasteiger partial charge is 0.295 e. The van der Waals surface area contributed by atoms with E-state index in [9.17, 15) is 10.1 Å². The van der Waals surface area contributed by atoms with Gasteiger partial charge in [0.15, 0.2) is 5.96 Å². The van der Waals surface area contributed by atoms with Crippen LogP contribution in [0.25, 0.3) is 11.3 Å². The Morgan fingerprint density at radius 3 is 2.62 bits per heavy atom. The van der Waals surface area contributed by atoms with Crippen molar-refractivity contribution in [3.63, 3.8) is 0 Å². The molecule has 112 valence electrons. The topological polar surface area (TPSA) is 118 Å². The van der Waals surface area contributed by atoms with E-state index in [4.69, 9.17) is 11.1 Å². The van der Waals surface area contributed by atoms with Crippen molar-refractivity contribution < 1.29 is 4.92 Å². The van der Waals surface area contributed by atoms with Crippen LogP contribution >= 0.6 is 24.8 Å². The number of nitrogens with zero attached hydrogens (tertiary/aromatic N) is 2. The second-order valence-corrected chi connectivity index (χ2v) is 3.75.